The molecule has 2 aromatic heterocycles. The highest BCUT2D eigenvalue weighted by Crippen LogP contribution is 2.27. The number of pyridine rings is 1. The van der Waals surface area contributed by atoms with Crippen LogP contribution in [0.5, 0.6) is 0 Å². The number of rotatable bonds is 1. The standard InChI is InChI=1S/C12H12N4O/c1-7-14-10-11(16(7)17-2)8-5-3-4-6-9(8)15-12(10)13/h3-6H,1-2H3,(H2,13,15). The van der Waals surface area contributed by atoms with E-state index < -0.39 is 0 Å². The number of aryl methyl sites for hydroxylation is 1. The second-order valence-electron chi connectivity index (χ2n) is 3.85. The summed E-state index contributed by atoms with van der Waals surface area (Å²) >= 11 is 0. The van der Waals surface area contributed by atoms with E-state index in [0.29, 0.717) is 11.3 Å². The van der Waals surface area contributed by atoms with Gasteiger partial charge in [0.2, 0.25) is 0 Å². The van der Waals surface area contributed by atoms with E-state index in [1.165, 1.54) is 0 Å². The van der Waals surface area contributed by atoms with E-state index in [-0.39, 0.29) is 0 Å². The van der Waals surface area contributed by atoms with E-state index >= 15 is 0 Å². The molecule has 0 amide bonds. The van der Waals surface area contributed by atoms with Gasteiger partial charge in [0.1, 0.15) is 24.0 Å². The van der Waals surface area contributed by atoms with Crippen LogP contribution in [0, 0.1) is 6.92 Å². The van der Waals surface area contributed by atoms with Crippen molar-refractivity contribution in [1.29, 1.82) is 0 Å². The number of nitrogens with two attached hydrogens (primary N) is 1. The molecule has 0 aliphatic carbocycles. The van der Waals surface area contributed by atoms with Gasteiger partial charge >= 0.3 is 0 Å². The van der Waals surface area contributed by atoms with Gasteiger partial charge in [0.15, 0.2) is 5.82 Å². The molecule has 3 aromatic rings. The van der Waals surface area contributed by atoms with Crippen LogP contribution in [0.4, 0.5) is 5.82 Å². The number of imidazole rings is 1. The number of nitrogen functional groups attached to an aromatic ring is 1. The van der Waals surface area contributed by atoms with Gasteiger partial charge in [0.05, 0.1) is 5.52 Å². The molecule has 0 atom stereocenters. The Morgan fingerprint density at radius 2 is 2.00 bits per heavy atom. The Morgan fingerprint density at radius 1 is 1.24 bits per heavy atom. The van der Waals surface area contributed by atoms with Crippen molar-refractivity contribution in [3.05, 3.63) is 30.1 Å². The Labute approximate surface area is 97.8 Å². The summed E-state index contributed by atoms with van der Waals surface area (Å²) in [7, 11) is 1.61. The predicted octanol–water partition coefficient (Wildman–Crippen LogP) is 1.53. The molecule has 0 saturated heterocycles. The normalized spacial score (nSPS) is 11.2. The fourth-order valence-electron chi connectivity index (χ4n) is 2.11. The average molecular weight is 228 g/mol. The van der Waals surface area contributed by atoms with Crippen LogP contribution >= 0.6 is 0 Å². The number of nitrogens with zero attached hydrogens (tertiary/aromatic N) is 3. The van der Waals surface area contributed by atoms with Crippen LogP contribution in [-0.2, 0) is 0 Å². The van der Waals surface area contributed by atoms with Crippen LogP contribution in [0.15, 0.2) is 24.3 Å². The van der Waals surface area contributed by atoms with Gasteiger partial charge in [-0.25, -0.2) is 9.97 Å². The molecular weight excluding hydrogens is 216 g/mol. The molecule has 0 unspecified atom stereocenters. The zero-order valence-electron chi connectivity index (χ0n) is 9.64. The summed E-state index contributed by atoms with van der Waals surface area (Å²) in [5.74, 6) is 1.19. The molecule has 1 aromatic carbocycles. The number of benzene rings is 1. The third-order valence-electron chi connectivity index (χ3n) is 2.82. The summed E-state index contributed by atoms with van der Waals surface area (Å²) < 4.78 is 1.68. The highest BCUT2D eigenvalue weighted by molar-refractivity contribution is 6.06. The van der Waals surface area contributed by atoms with E-state index in [1.54, 1.807) is 11.8 Å². The molecule has 0 bridgehead atoms. The van der Waals surface area contributed by atoms with Crippen LogP contribution in [0.3, 0.4) is 0 Å². The second-order valence-corrected chi connectivity index (χ2v) is 3.85. The molecule has 3 rings (SSSR count). The van der Waals surface area contributed by atoms with Crippen LogP contribution in [-0.4, -0.2) is 21.8 Å². The maximum absolute atomic E-state index is 5.92. The van der Waals surface area contributed by atoms with E-state index in [9.17, 15) is 0 Å². The molecule has 86 valence electrons. The van der Waals surface area contributed by atoms with Gasteiger partial charge in [-0.1, -0.05) is 18.2 Å². The minimum Gasteiger partial charge on any atom is -0.415 e. The lowest BCUT2D eigenvalue weighted by Crippen LogP contribution is -2.07. The zero-order valence-corrected chi connectivity index (χ0v) is 9.64. The molecular formula is C12H12N4O. The van der Waals surface area contributed by atoms with Crippen LogP contribution in [0.2, 0.25) is 0 Å². The molecule has 5 heteroatoms. The average Bonchev–Trinajstić information content (AvgIpc) is 2.67. The molecule has 5 nitrogen and oxygen atoms in total. The lowest BCUT2D eigenvalue weighted by molar-refractivity contribution is 0.172. The SMILES string of the molecule is COn1c(C)nc2c(N)nc3ccccc3c21. The van der Waals surface area contributed by atoms with Gasteiger partial charge in [-0.2, -0.15) is 4.73 Å². The van der Waals surface area contributed by atoms with Gasteiger partial charge in [-0.05, 0) is 13.0 Å². The fourth-order valence-corrected chi connectivity index (χ4v) is 2.11. The highest BCUT2D eigenvalue weighted by atomic mass is 16.6. The molecule has 17 heavy (non-hydrogen) atoms. The van der Waals surface area contributed by atoms with Crippen LogP contribution in [0.25, 0.3) is 21.9 Å². The van der Waals surface area contributed by atoms with Crippen LogP contribution < -0.4 is 10.6 Å². The fraction of sp³-hybridized carbons (Fsp3) is 0.167. The van der Waals surface area contributed by atoms with E-state index in [0.717, 1.165) is 22.2 Å². The summed E-state index contributed by atoms with van der Waals surface area (Å²) in [5.41, 5.74) is 8.31. The van der Waals surface area contributed by atoms with Gasteiger partial charge in [-0.3, -0.25) is 0 Å². The molecule has 0 spiro atoms. The van der Waals surface area contributed by atoms with Crippen molar-refractivity contribution >= 4 is 27.8 Å². The Kier molecular flexibility index (Phi) is 1.95. The van der Waals surface area contributed by atoms with Crippen LogP contribution in [0.1, 0.15) is 5.82 Å². The summed E-state index contributed by atoms with van der Waals surface area (Å²) in [6.45, 7) is 1.87. The summed E-state index contributed by atoms with van der Waals surface area (Å²) in [6.07, 6.45) is 0. The topological polar surface area (TPSA) is 66.0 Å². The van der Waals surface area contributed by atoms with E-state index in [4.69, 9.17) is 10.6 Å². The maximum atomic E-state index is 5.92. The molecule has 0 radical (unpaired) electrons. The van der Waals surface area contributed by atoms with Gasteiger partial charge in [0, 0.05) is 5.39 Å². The Morgan fingerprint density at radius 3 is 2.76 bits per heavy atom. The minimum atomic E-state index is 0.428. The number of aromatic nitrogens is 3. The largest absolute Gasteiger partial charge is 0.415 e. The first-order chi connectivity index (χ1) is 8.22. The van der Waals surface area contributed by atoms with Crippen molar-refractivity contribution in [1.82, 2.24) is 14.7 Å². The molecule has 2 N–H and O–H groups in total. The first-order valence-electron chi connectivity index (χ1n) is 5.30. The van der Waals surface area contributed by atoms with E-state index in [2.05, 4.69) is 9.97 Å². The summed E-state index contributed by atoms with van der Waals surface area (Å²) in [5, 5.41) is 0.985. The lowest BCUT2D eigenvalue weighted by atomic mass is 10.2. The van der Waals surface area contributed by atoms with Crippen molar-refractivity contribution in [3.8, 4) is 0 Å². The van der Waals surface area contributed by atoms with Crippen molar-refractivity contribution in [2.45, 2.75) is 6.92 Å². The molecule has 0 saturated carbocycles. The van der Waals surface area contributed by atoms with E-state index in [1.807, 2.05) is 31.2 Å². The first-order valence-corrected chi connectivity index (χ1v) is 5.30. The van der Waals surface area contributed by atoms with Gasteiger partial charge in [-0.15, -0.1) is 0 Å². The van der Waals surface area contributed by atoms with Gasteiger partial charge < -0.3 is 10.6 Å². The summed E-state index contributed by atoms with van der Waals surface area (Å²) in [4.78, 5) is 14.1. The van der Waals surface area contributed by atoms with Crippen molar-refractivity contribution < 1.29 is 4.84 Å². The smallest absolute Gasteiger partial charge is 0.152 e. The predicted molar refractivity (Wildman–Crippen MR) is 66.7 cm³/mol. The van der Waals surface area contributed by atoms with Gasteiger partial charge in [0.25, 0.3) is 0 Å². The Balaban J connectivity index is 2.62. The monoisotopic (exact) mass is 228 g/mol. The molecule has 0 aliphatic rings. The number of hydrogen-bond acceptors (Lipinski definition) is 4. The number of fused-ring (bicyclic) bond motifs is 3. The van der Waals surface area contributed by atoms with Crippen molar-refractivity contribution in [3.63, 3.8) is 0 Å². The molecule has 2 heterocycles. The van der Waals surface area contributed by atoms with Crippen molar-refractivity contribution in [2.24, 2.45) is 0 Å². The molecule has 0 aliphatic heterocycles. The number of hydrogen-bond donors (Lipinski definition) is 1. The Bertz CT molecular complexity index is 717. The number of anilines is 1. The minimum absolute atomic E-state index is 0.428. The maximum Gasteiger partial charge on any atom is 0.152 e. The first kappa shape index (κ1) is 9.89. The quantitative estimate of drug-likeness (QED) is 0.686. The third-order valence-corrected chi connectivity index (χ3v) is 2.82. The second kappa shape index (κ2) is 3.35. The number of para-hydroxylation sites is 1. The third kappa shape index (κ3) is 1.25. The lowest BCUT2D eigenvalue weighted by Gasteiger charge is -2.06. The Hall–Kier alpha value is -2.30. The zero-order chi connectivity index (χ0) is 12.0. The summed E-state index contributed by atoms with van der Waals surface area (Å²) in [6, 6.07) is 7.80. The highest BCUT2D eigenvalue weighted by Gasteiger charge is 2.14. The molecule has 0 fully saturated rings. The van der Waals surface area contributed by atoms with Crippen molar-refractivity contribution in [2.75, 3.05) is 12.8 Å².